The summed E-state index contributed by atoms with van der Waals surface area (Å²) in [4.78, 5) is 17.5. The number of carbonyl (C=O) groups excluding carboxylic acids is 1. The summed E-state index contributed by atoms with van der Waals surface area (Å²) in [5.74, 6) is 2.02. The first-order valence-electron chi connectivity index (χ1n) is 11.9. The molecule has 4 rings (SSSR count). The Morgan fingerprint density at radius 2 is 1.48 bits per heavy atom. The van der Waals surface area contributed by atoms with Gasteiger partial charge in [-0.05, 0) is 49.8 Å². The molecule has 31 heavy (non-hydrogen) atoms. The molecular formula is C25H35N5O. The van der Waals surface area contributed by atoms with Gasteiger partial charge in [0, 0.05) is 32.2 Å². The van der Waals surface area contributed by atoms with E-state index in [0.717, 1.165) is 62.6 Å². The fourth-order valence-corrected chi connectivity index (χ4v) is 4.77. The van der Waals surface area contributed by atoms with E-state index in [1.807, 2.05) is 30.3 Å². The van der Waals surface area contributed by atoms with Crippen LogP contribution in [0.25, 0.3) is 0 Å². The quantitative estimate of drug-likeness (QED) is 0.760. The summed E-state index contributed by atoms with van der Waals surface area (Å²) in [5.41, 5.74) is 1.10. The number of piperidine rings is 1. The first-order valence-corrected chi connectivity index (χ1v) is 11.9. The molecule has 0 spiro atoms. The number of nitrogens with zero attached hydrogens (tertiary/aromatic N) is 4. The molecule has 2 fully saturated rings. The number of rotatable bonds is 6. The Bertz CT molecular complexity index is 810. The monoisotopic (exact) mass is 421 g/mol. The molecule has 1 aromatic heterocycles. The van der Waals surface area contributed by atoms with Gasteiger partial charge in [-0.3, -0.25) is 4.79 Å². The number of benzene rings is 1. The summed E-state index contributed by atoms with van der Waals surface area (Å²) in [6.07, 6.45) is 7.81. The Balaban J connectivity index is 1.29. The highest BCUT2D eigenvalue weighted by molar-refractivity contribution is 5.83. The van der Waals surface area contributed by atoms with Gasteiger partial charge in [-0.1, -0.05) is 50.1 Å². The third kappa shape index (κ3) is 5.54. The number of carbonyl (C=O) groups is 1. The van der Waals surface area contributed by atoms with Crippen molar-refractivity contribution in [3.8, 4) is 0 Å². The molecule has 0 saturated carbocycles. The van der Waals surface area contributed by atoms with Gasteiger partial charge >= 0.3 is 0 Å². The minimum absolute atomic E-state index is 0.0726. The van der Waals surface area contributed by atoms with Crippen LogP contribution in [0.3, 0.4) is 0 Å². The molecule has 166 valence electrons. The molecule has 0 radical (unpaired) electrons. The van der Waals surface area contributed by atoms with Crippen molar-refractivity contribution in [2.75, 3.05) is 36.0 Å². The molecule has 0 unspecified atom stereocenters. The van der Waals surface area contributed by atoms with E-state index in [4.69, 9.17) is 0 Å². The van der Waals surface area contributed by atoms with Crippen LogP contribution < -0.4 is 15.1 Å². The highest BCUT2D eigenvalue weighted by Gasteiger charge is 2.25. The van der Waals surface area contributed by atoms with Crippen LogP contribution in [0.15, 0.2) is 42.5 Å². The molecule has 0 aliphatic carbocycles. The lowest BCUT2D eigenvalue weighted by molar-refractivity contribution is -0.123. The van der Waals surface area contributed by atoms with Crippen molar-refractivity contribution >= 4 is 17.5 Å². The van der Waals surface area contributed by atoms with Crippen LogP contribution in [0, 0.1) is 0 Å². The molecule has 0 bridgehead atoms. The van der Waals surface area contributed by atoms with E-state index >= 15 is 0 Å². The highest BCUT2D eigenvalue weighted by Crippen LogP contribution is 2.23. The number of hydrogen-bond donors (Lipinski definition) is 1. The maximum Gasteiger partial charge on any atom is 0.227 e. The normalized spacial score (nSPS) is 19.0. The predicted octanol–water partition coefficient (Wildman–Crippen LogP) is 4.14. The molecule has 2 aromatic rings. The van der Waals surface area contributed by atoms with Crippen molar-refractivity contribution in [3.05, 3.63) is 48.0 Å². The zero-order chi connectivity index (χ0) is 21.5. The van der Waals surface area contributed by atoms with Crippen LogP contribution in [-0.4, -0.2) is 48.3 Å². The van der Waals surface area contributed by atoms with Crippen molar-refractivity contribution in [1.82, 2.24) is 15.5 Å². The maximum absolute atomic E-state index is 12.9. The van der Waals surface area contributed by atoms with E-state index < -0.39 is 0 Å². The number of aromatic nitrogens is 2. The Kier molecular flexibility index (Phi) is 7.39. The van der Waals surface area contributed by atoms with Gasteiger partial charge in [-0.25, -0.2) is 0 Å². The van der Waals surface area contributed by atoms with Gasteiger partial charge in [0.15, 0.2) is 11.6 Å². The van der Waals surface area contributed by atoms with E-state index in [9.17, 15) is 4.79 Å². The molecule has 3 heterocycles. The second-order valence-corrected chi connectivity index (χ2v) is 8.79. The van der Waals surface area contributed by atoms with Crippen molar-refractivity contribution in [2.24, 2.45) is 0 Å². The molecule has 2 saturated heterocycles. The van der Waals surface area contributed by atoms with Crippen molar-refractivity contribution in [3.63, 3.8) is 0 Å². The zero-order valence-corrected chi connectivity index (χ0v) is 18.7. The average molecular weight is 422 g/mol. The SMILES string of the molecule is CC[C@@H](C(=O)NC1CCN(c2ccc(N3CCCCCC3)nn2)CC1)c1ccccc1. The maximum atomic E-state index is 12.9. The summed E-state index contributed by atoms with van der Waals surface area (Å²) in [7, 11) is 0. The summed E-state index contributed by atoms with van der Waals surface area (Å²) in [5, 5.41) is 12.3. The van der Waals surface area contributed by atoms with E-state index in [1.54, 1.807) is 0 Å². The summed E-state index contributed by atoms with van der Waals surface area (Å²) in [6.45, 7) is 6.03. The lowest BCUT2D eigenvalue weighted by Crippen LogP contribution is -2.46. The summed E-state index contributed by atoms with van der Waals surface area (Å²) < 4.78 is 0. The third-order valence-corrected chi connectivity index (χ3v) is 6.66. The highest BCUT2D eigenvalue weighted by atomic mass is 16.1. The van der Waals surface area contributed by atoms with Gasteiger partial charge < -0.3 is 15.1 Å². The van der Waals surface area contributed by atoms with Gasteiger partial charge in [0.05, 0.1) is 5.92 Å². The largest absolute Gasteiger partial charge is 0.355 e. The molecule has 2 aliphatic rings. The van der Waals surface area contributed by atoms with Crippen molar-refractivity contribution < 1.29 is 4.79 Å². The predicted molar refractivity (Wildman–Crippen MR) is 126 cm³/mol. The van der Waals surface area contributed by atoms with Crippen molar-refractivity contribution in [2.45, 2.75) is 63.8 Å². The summed E-state index contributed by atoms with van der Waals surface area (Å²) in [6, 6.07) is 14.5. The topological polar surface area (TPSA) is 61.4 Å². The number of anilines is 2. The Morgan fingerprint density at radius 1 is 0.903 bits per heavy atom. The smallest absolute Gasteiger partial charge is 0.227 e. The Hall–Kier alpha value is -2.63. The first kappa shape index (κ1) is 21.6. The van der Waals surface area contributed by atoms with Crippen LogP contribution in [-0.2, 0) is 4.79 Å². The van der Waals surface area contributed by atoms with E-state index in [-0.39, 0.29) is 17.9 Å². The van der Waals surface area contributed by atoms with Gasteiger partial charge in [-0.2, -0.15) is 0 Å². The third-order valence-electron chi connectivity index (χ3n) is 6.66. The van der Waals surface area contributed by atoms with Crippen LogP contribution in [0.2, 0.25) is 0 Å². The fraction of sp³-hybridized carbons (Fsp3) is 0.560. The average Bonchev–Trinajstić information content (AvgIpc) is 3.11. The second kappa shape index (κ2) is 10.6. The molecule has 2 aliphatic heterocycles. The van der Waals surface area contributed by atoms with Gasteiger partial charge in [0.1, 0.15) is 0 Å². The zero-order valence-electron chi connectivity index (χ0n) is 18.7. The number of hydrogen-bond acceptors (Lipinski definition) is 5. The molecule has 1 aromatic carbocycles. The first-order chi connectivity index (χ1) is 15.2. The standard InChI is InChI=1S/C25H35N5O/c1-2-22(20-10-6-5-7-11-20)25(31)26-21-14-18-30(19-15-21)24-13-12-23(27-28-24)29-16-8-3-4-9-17-29/h5-7,10-13,21-22H,2-4,8-9,14-19H2,1H3,(H,26,31)/t22-/m1/s1. The molecule has 1 N–H and O–H groups in total. The fourth-order valence-electron chi connectivity index (χ4n) is 4.77. The Labute approximate surface area is 186 Å². The van der Waals surface area contributed by atoms with Gasteiger partial charge in [0.2, 0.25) is 5.91 Å². The van der Waals surface area contributed by atoms with Gasteiger partial charge in [0.25, 0.3) is 0 Å². The molecule has 6 nitrogen and oxygen atoms in total. The van der Waals surface area contributed by atoms with E-state index in [1.165, 1.54) is 25.7 Å². The van der Waals surface area contributed by atoms with E-state index in [2.05, 4.69) is 44.4 Å². The minimum atomic E-state index is -0.0726. The van der Waals surface area contributed by atoms with Crippen LogP contribution in [0.5, 0.6) is 0 Å². The molecule has 1 amide bonds. The van der Waals surface area contributed by atoms with Crippen LogP contribution in [0.1, 0.15) is 63.4 Å². The van der Waals surface area contributed by atoms with Crippen molar-refractivity contribution in [1.29, 1.82) is 0 Å². The molecular weight excluding hydrogens is 386 g/mol. The minimum Gasteiger partial charge on any atom is -0.355 e. The molecule has 1 atom stereocenters. The van der Waals surface area contributed by atoms with Crippen LogP contribution >= 0.6 is 0 Å². The Morgan fingerprint density at radius 3 is 2.03 bits per heavy atom. The lowest BCUT2D eigenvalue weighted by Gasteiger charge is -2.33. The molecule has 6 heteroatoms. The van der Waals surface area contributed by atoms with Crippen LogP contribution in [0.4, 0.5) is 11.6 Å². The number of nitrogens with one attached hydrogen (secondary N) is 1. The van der Waals surface area contributed by atoms with Gasteiger partial charge in [-0.15, -0.1) is 10.2 Å². The number of amides is 1. The summed E-state index contributed by atoms with van der Waals surface area (Å²) >= 11 is 0. The lowest BCUT2D eigenvalue weighted by atomic mass is 9.94. The van der Waals surface area contributed by atoms with E-state index in [0.29, 0.717) is 0 Å². The second-order valence-electron chi connectivity index (χ2n) is 8.79.